The van der Waals surface area contributed by atoms with Gasteiger partial charge in [-0.15, -0.1) is 13.2 Å². The standard InChI is InChI=1S/C12H15F3N2O2/c1-2-10(16)11(18)17-7-8-3-5-9(6-4-8)19-12(13,14)15/h3-6,10H,2,7,16H2,1H3,(H,17,18)/t10-/m1/s1. The van der Waals surface area contributed by atoms with E-state index in [0.717, 1.165) is 0 Å². The molecule has 4 nitrogen and oxygen atoms in total. The number of halogens is 3. The number of hydrogen-bond donors (Lipinski definition) is 2. The maximum absolute atomic E-state index is 11.9. The third kappa shape index (κ3) is 5.60. The van der Waals surface area contributed by atoms with Gasteiger partial charge < -0.3 is 15.8 Å². The van der Waals surface area contributed by atoms with Crippen molar-refractivity contribution in [2.75, 3.05) is 0 Å². The first kappa shape index (κ1) is 15.3. The molecule has 0 spiro atoms. The lowest BCUT2D eigenvalue weighted by Crippen LogP contribution is -2.39. The predicted molar refractivity (Wildman–Crippen MR) is 63.2 cm³/mol. The van der Waals surface area contributed by atoms with E-state index in [1.807, 2.05) is 0 Å². The SMILES string of the molecule is CC[C@@H](N)C(=O)NCc1ccc(OC(F)(F)F)cc1. The van der Waals surface area contributed by atoms with Crippen LogP contribution in [0.5, 0.6) is 5.75 Å². The second-order valence-corrected chi connectivity index (χ2v) is 3.92. The van der Waals surface area contributed by atoms with Crippen molar-refractivity contribution in [3.05, 3.63) is 29.8 Å². The van der Waals surface area contributed by atoms with Gasteiger partial charge in [-0.2, -0.15) is 0 Å². The van der Waals surface area contributed by atoms with E-state index in [2.05, 4.69) is 10.1 Å². The summed E-state index contributed by atoms with van der Waals surface area (Å²) in [5.41, 5.74) is 6.18. The van der Waals surface area contributed by atoms with Crippen LogP contribution in [0.1, 0.15) is 18.9 Å². The van der Waals surface area contributed by atoms with Gasteiger partial charge in [0.1, 0.15) is 5.75 Å². The first-order valence-corrected chi connectivity index (χ1v) is 5.70. The zero-order chi connectivity index (χ0) is 14.5. The molecule has 3 N–H and O–H groups in total. The molecule has 1 aromatic rings. The van der Waals surface area contributed by atoms with Crippen molar-refractivity contribution < 1.29 is 22.7 Å². The van der Waals surface area contributed by atoms with E-state index in [4.69, 9.17) is 5.73 Å². The van der Waals surface area contributed by atoms with Crippen LogP contribution < -0.4 is 15.8 Å². The van der Waals surface area contributed by atoms with Gasteiger partial charge in [0.2, 0.25) is 5.91 Å². The third-order valence-electron chi connectivity index (χ3n) is 2.40. The first-order chi connectivity index (χ1) is 8.81. The zero-order valence-electron chi connectivity index (χ0n) is 10.3. The van der Waals surface area contributed by atoms with Crippen molar-refractivity contribution in [2.24, 2.45) is 5.73 Å². The van der Waals surface area contributed by atoms with E-state index in [0.29, 0.717) is 12.0 Å². The van der Waals surface area contributed by atoms with Gasteiger partial charge in [-0.1, -0.05) is 19.1 Å². The molecule has 1 rings (SSSR count). The van der Waals surface area contributed by atoms with Gasteiger partial charge in [0.15, 0.2) is 0 Å². The highest BCUT2D eigenvalue weighted by Crippen LogP contribution is 2.22. The minimum absolute atomic E-state index is 0.207. The number of benzene rings is 1. The maximum atomic E-state index is 11.9. The zero-order valence-corrected chi connectivity index (χ0v) is 10.3. The number of hydrogen-bond acceptors (Lipinski definition) is 3. The highest BCUT2D eigenvalue weighted by atomic mass is 19.4. The Balaban J connectivity index is 2.51. The van der Waals surface area contributed by atoms with Gasteiger partial charge in [0.05, 0.1) is 6.04 Å². The Labute approximate surface area is 108 Å². The normalized spacial score (nSPS) is 12.9. The third-order valence-corrected chi connectivity index (χ3v) is 2.40. The summed E-state index contributed by atoms with van der Waals surface area (Å²) >= 11 is 0. The fourth-order valence-corrected chi connectivity index (χ4v) is 1.31. The molecular formula is C12H15F3N2O2. The maximum Gasteiger partial charge on any atom is 0.573 e. The van der Waals surface area contributed by atoms with Crippen molar-refractivity contribution in [3.63, 3.8) is 0 Å². The second kappa shape index (κ2) is 6.42. The molecule has 106 valence electrons. The lowest BCUT2D eigenvalue weighted by atomic mass is 10.2. The Bertz CT molecular complexity index is 418. The minimum Gasteiger partial charge on any atom is -0.406 e. The Hall–Kier alpha value is -1.76. The number of nitrogens with two attached hydrogens (primary N) is 1. The van der Waals surface area contributed by atoms with Gasteiger partial charge in [-0.05, 0) is 24.1 Å². The predicted octanol–water partition coefficient (Wildman–Crippen LogP) is 1.94. The fraction of sp³-hybridized carbons (Fsp3) is 0.417. The summed E-state index contributed by atoms with van der Waals surface area (Å²) in [6, 6.07) is 4.69. The number of amides is 1. The van der Waals surface area contributed by atoms with Crippen molar-refractivity contribution >= 4 is 5.91 Å². The van der Waals surface area contributed by atoms with Crippen LogP contribution in [-0.2, 0) is 11.3 Å². The average Bonchev–Trinajstić information content (AvgIpc) is 2.34. The Morgan fingerprint density at radius 3 is 2.42 bits per heavy atom. The molecule has 0 fully saturated rings. The lowest BCUT2D eigenvalue weighted by molar-refractivity contribution is -0.274. The molecule has 0 radical (unpaired) electrons. The van der Waals surface area contributed by atoms with Crippen LogP contribution in [0.15, 0.2) is 24.3 Å². The van der Waals surface area contributed by atoms with Gasteiger partial charge in [-0.3, -0.25) is 4.79 Å². The number of rotatable bonds is 5. The average molecular weight is 276 g/mol. The summed E-state index contributed by atoms with van der Waals surface area (Å²) in [5.74, 6) is -0.592. The molecule has 1 amide bonds. The summed E-state index contributed by atoms with van der Waals surface area (Å²) in [4.78, 5) is 11.4. The molecule has 7 heteroatoms. The van der Waals surface area contributed by atoms with Crippen molar-refractivity contribution in [3.8, 4) is 5.75 Å². The molecule has 0 aliphatic carbocycles. The van der Waals surface area contributed by atoms with Gasteiger partial charge in [0, 0.05) is 6.54 Å². The summed E-state index contributed by atoms with van der Waals surface area (Å²) in [5, 5.41) is 2.59. The van der Waals surface area contributed by atoms with Crippen molar-refractivity contribution in [2.45, 2.75) is 32.3 Å². The monoisotopic (exact) mass is 276 g/mol. The fourth-order valence-electron chi connectivity index (χ4n) is 1.31. The Morgan fingerprint density at radius 2 is 1.95 bits per heavy atom. The quantitative estimate of drug-likeness (QED) is 0.863. The molecule has 1 atom stereocenters. The lowest BCUT2D eigenvalue weighted by Gasteiger charge is -2.11. The molecule has 0 bridgehead atoms. The van der Waals surface area contributed by atoms with Crippen LogP contribution in [0.2, 0.25) is 0 Å². The van der Waals surface area contributed by atoms with Crippen LogP contribution in [0.3, 0.4) is 0 Å². The number of carbonyl (C=O) groups is 1. The van der Waals surface area contributed by atoms with Crippen molar-refractivity contribution in [1.82, 2.24) is 5.32 Å². The van der Waals surface area contributed by atoms with E-state index in [1.165, 1.54) is 24.3 Å². The minimum atomic E-state index is -4.70. The van der Waals surface area contributed by atoms with Gasteiger partial charge in [-0.25, -0.2) is 0 Å². The Kier molecular flexibility index (Phi) is 5.17. The second-order valence-electron chi connectivity index (χ2n) is 3.92. The summed E-state index contributed by atoms with van der Waals surface area (Å²) in [6.45, 7) is 1.99. The number of nitrogens with one attached hydrogen (secondary N) is 1. The van der Waals surface area contributed by atoms with E-state index in [9.17, 15) is 18.0 Å². The molecule has 0 aliphatic heterocycles. The van der Waals surface area contributed by atoms with E-state index >= 15 is 0 Å². The number of alkyl halides is 3. The van der Waals surface area contributed by atoms with Crippen LogP contribution in [-0.4, -0.2) is 18.3 Å². The number of ether oxygens (including phenoxy) is 1. The van der Waals surface area contributed by atoms with Gasteiger partial charge >= 0.3 is 6.36 Å². The van der Waals surface area contributed by atoms with Gasteiger partial charge in [0.25, 0.3) is 0 Å². The first-order valence-electron chi connectivity index (χ1n) is 5.70. The van der Waals surface area contributed by atoms with E-state index < -0.39 is 12.4 Å². The van der Waals surface area contributed by atoms with E-state index in [1.54, 1.807) is 6.92 Å². The van der Waals surface area contributed by atoms with Crippen LogP contribution >= 0.6 is 0 Å². The molecule has 0 aliphatic rings. The van der Waals surface area contributed by atoms with Crippen LogP contribution in [0.4, 0.5) is 13.2 Å². The topological polar surface area (TPSA) is 64.4 Å². The van der Waals surface area contributed by atoms with Crippen LogP contribution in [0, 0.1) is 0 Å². The van der Waals surface area contributed by atoms with Crippen molar-refractivity contribution in [1.29, 1.82) is 0 Å². The molecule has 0 saturated carbocycles. The van der Waals surface area contributed by atoms with Crippen LogP contribution in [0.25, 0.3) is 0 Å². The largest absolute Gasteiger partial charge is 0.573 e. The number of carbonyl (C=O) groups excluding carboxylic acids is 1. The summed E-state index contributed by atoms with van der Waals surface area (Å²) in [6.07, 6.45) is -4.19. The summed E-state index contributed by atoms with van der Waals surface area (Å²) in [7, 11) is 0. The molecule has 0 aromatic heterocycles. The molecule has 1 aromatic carbocycles. The highest BCUT2D eigenvalue weighted by molar-refractivity contribution is 5.81. The molecule has 0 saturated heterocycles. The summed E-state index contributed by atoms with van der Waals surface area (Å²) < 4.78 is 39.5. The highest BCUT2D eigenvalue weighted by Gasteiger charge is 2.30. The van der Waals surface area contributed by atoms with E-state index in [-0.39, 0.29) is 18.2 Å². The molecule has 19 heavy (non-hydrogen) atoms. The molecule has 0 heterocycles. The Morgan fingerprint density at radius 1 is 1.37 bits per heavy atom. The molecular weight excluding hydrogens is 261 g/mol. The smallest absolute Gasteiger partial charge is 0.406 e. The molecule has 0 unspecified atom stereocenters.